The fourth-order valence-electron chi connectivity index (χ4n) is 0.979. The van der Waals surface area contributed by atoms with Gasteiger partial charge in [-0.25, -0.2) is 9.97 Å². The number of nitrogen functional groups attached to an aromatic ring is 1. The van der Waals surface area contributed by atoms with E-state index in [0.717, 1.165) is 0 Å². The van der Waals surface area contributed by atoms with E-state index < -0.39 is 12.0 Å². The molecular formula is C8H11F3N4O. The van der Waals surface area contributed by atoms with Gasteiger partial charge in [0.1, 0.15) is 11.6 Å². The van der Waals surface area contributed by atoms with E-state index in [0.29, 0.717) is 13.0 Å². The molecule has 1 aromatic rings. The number of hydrogen-bond donors (Lipinski definition) is 3. The Labute approximate surface area is 89.5 Å². The minimum absolute atomic E-state index is 0.00623. The number of halogens is 3. The molecule has 8 heteroatoms. The lowest BCUT2D eigenvalue weighted by atomic mass is 10.4. The van der Waals surface area contributed by atoms with Crippen molar-refractivity contribution in [3.8, 4) is 0 Å². The molecule has 0 fully saturated rings. The molecule has 1 heterocycles. The summed E-state index contributed by atoms with van der Waals surface area (Å²) >= 11 is 0. The molecule has 0 aromatic carbocycles. The maximum absolute atomic E-state index is 12.3. The van der Waals surface area contributed by atoms with Crippen LogP contribution in [-0.2, 0) is 6.18 Å². The van der Waals surface area contributed by atoms with Crippen molar-refractivity contribution in [2.75, 3.05) is 24.2 Å². The molecule has 1 rings (SSSR count). The van der Waals surface area contributed by atoms with Crippen molar-refractivity contribution < 1.29 is 18.3 Å². The highest BCUT2D eigenvalue weighted by Gasteiger charge is 2.35. The van der Waals surface area contributed by atoms with Crippen molar-refractivity contribution in [3.63, 3.8) is 0 Å². The van der Waals surface area contributed by atoms with E-state index >= 15 is 0 Å². The van der Waals surface area contributed by atoms with Gasteiger partial charge in [-0.2, -0.15) is 13.2 Å². The van der Waals surface area contributed by atoms with Crippen LogP contribution >= 0.6 is 0 Å². The Balaban J connectivity index is 2.82. The number of alkyl halides is 3. The van der Waals surface area contributed by atoms with Crippen LogP contribution in [0.1, 0.15) is 12.2 Å². The Morgan fingerprint density at radius 3 is 2.62 bits per heavy atom. The first-order valence-corrected chi connectivity index (χ1v) is 4.50. The minimum atomic E-state index is -4.62. The van der Waals surface area contributed by atoms with E-state index in [1.54, 1.807) is 0 Å². The third kappa shape index (κ3) is 3.54. The van der Waals surface area contributed by atoms with Gasteiger partial charge in [0.2, 0.25) is 5.82 Å². The van der Waals surface area contributed by atoms with Gasteiger partial charge >= 0.3 is 6.18 Å². The minimum Gasteiger partial charge on any atom is -0.396 e. The van der Waals surface area contributed by atoms with Crippen LogP contribution in [0, 0.1) is 0 Å². The first-order chi connectivity index (χ1) is 7.43. The Bertz CT molecular complexity index is 356. The van der Waals surface area contributed by atoms with Gasteiger partial charge in [0.25, 0.3) is 0 Å². The van der Waals surface area contributed by atoms with E-state index in [9.17, 15) is 13.2 Å². The third-order valence-corrected chi connectivity index (χ3v) is 1.64. The quantitative estimate of drug-likeness (QED) is 0.675. The average Bonchev–Trinajstić information content (AvgIpc) is 2.16. The smallest absolute Gasteiger partial charge is 0.396 e. The number of anilines is 2. The van der Waals surface area contributed by atoms with Crippen LogP contribution in [0.2, 0.25) is 0 Å². The molecule has 0 unspecified atom stereocenters. The molecule has 0 aliphatic carbocycles. The van der Waals surface area contributed by atoms with Crippen LogP contribution in [0.3, 0.4) is 0 Å². The number of aromatic nitrogens is 2. The highest BCUT2D eigenvalue weighted by atomic mass is 19.4. The summed E-state index contributed by atoms with van der Waals surface area (Å²) in [5, 5.41) is 11.1. The fraction of sp³-hybridized carbons (Fsp3) is 0.500. The van der Waals surface area contributed by atoms with Crippen molar-refractivity contribution in [1.82, 2.24) is 9.97 Å². The highest BCUT2D eigenvalue weighted by molar-refractivity contribution is 5.44. The van der Waals surface area contributed by atoms with Gasteiger partial charge in [0.15, 0.2) is 0 Å². The molecule has 0 saturated heterocycles. The van der Waals surface area contributed by atoms with Gasteiger partial charge in [-0.1, -0.05) is 0 Å². The summed E-state index contributed by atoms with van der Waals surface area (Å²) in [6.45, 7) is 0.254. The van der Waals surface area contributed by atoms with E-state index in [1.807, 2.05) is 0 Å². The summed E-state index contributed by atoms with van der Waals surface area (Å²) in [5.41, 5.74) is 5.22. The summed E-state index contributed by atoms with van der Waals surface area (Å²) < 4.78 is 36.9. The maximum Gasteiger partial charge on any atom is 0.451 e. The summed E-state index contributed by atoms with van der Waals surface area (Å²) in [4.78, 5) is 6.35. The van der Waals surface area contributed by atoms with E-state index in [4.69, 9.17) is 10.8 Å². The van der Waals surface area contributed by atoms with Gasteiger partial charge < -0.3 is 16.2 Å². The second kappa shape index (κ2) is 4.97. The van der Waals surface area contributed by atoms with E-state index in [1.165, 1.54) is 6.07 Å². The molecular weight excluding hydrogens is 225 g/mol. The molecule has 5 nitrogen and oxygen atoms in total. The lowest BCUT2D eigenvalue weighted by molar-refractivity contribution is -0.144. The van der Waals surface area contributed by atoms with E-state index in [2.05, 4.69) is 15.3 Å². The van der Waals surface area contributed by atoms with Crippen molar-refractivity contribution in [2.24, 2.45) is 0 Å². The molecule has 0 spiro atoms. The summed E-state index contributed by atoms with van der Waals surface area (Å²) in [6.07, 6.45) is -4.21. The van der Waals surface area contributed by atoms with Crippen molar-refractivity contribution in [1.29, 1.82) is 0 Å². The van der Waals surface area contributed by atoms with Crippen LogP contribution in [0.4, 0.5) is 24.8 Å². The molecule has 4 N–H and O–H groups in total. The predicted molar refractivity (Wildman–Crippen MR) is 51.6 cm³/mol. The van der Waals surface area contributed by atoms with Gasteiger partial charge in [0.05, 0.1) is 0 Å². The topological polar surface area (TPSA) is 84.1 Å². The second-order valence-corrected chi connectivity index (χ2v) is 3.00. The number of nitrogens with two attached hydrogens (primary N) is 1. The number of nitrogens with one attached hydrogen (secondary N) is 1. The highest BCUT2D eigenvalue weighted by Crippen LogP contribution is 2.27. The normalized spacial score (nSPS) is 11.5. The molecule has 90 valence electrons. The molecule has 16 heavy (non-hydrogen) atoms. The maximum atomic E-state index is 12.3. The van der Waals surface area contributed by atoms with Crippen LogP contribution in [-0.4, -0.2) is 28.2 Å². The van der Waals surface area contributed by atoms with E-state index in [-0.39, 0.29) is 18.2 Å². The number of nitrogens with zero attached hydrogens (tertiary/aromatic N) is 2. The molecule has 0 aliphatic rings. The molecule has 0 radical (unpaired) electrons. The molecule has 1 aromatic heterocycles. The number of aliphatic hydroxyl groups is 1. The second-order valence-electron chi connectivity index (χ2n) is 3.00. The van der Waals surface area contributed by atoms with Crippen LogP contribution in [0.15, 0.2) is 6.07 Å². The lowest BCUT2D eigenvalue weighted by Crippen LogP contribution is -2.15. The van der Waals surface area contributed by atoms with Crippen molar-refractivity contribution in [3.05, 3.63) is 11.9 Å². The van der Waals surface area contributed by atoms with Gasteiger partial charge in [0, 0.05) is 19.2 Å². The monoisotopic (exact) mass is 236 g/mol. The first-order valence-electron chi connectivity index (χ1n) is 4.50. The number of rotatable bonds is 4. The zero-order valence-electron chi connectivity index (χ0n) is 8.25. The first kappa shape index (κ1) is 12.5. The average molecular weight is 236 g/mol. The summed E-state index contributed by atoms with van der Waals surface area (Å²) in [5.74, 6) is -1.54. The Hall–Kier alpha value is -1.57. The SMILES string of the molecule is Nc1cc(NCCCO)nc(C(F)(F)F)n1. The summed E-state index contributed by atoms with van der Waals surface area (Å²) in [7, 11) is 0. The van der Waals surface area contributed by atoms with Crippen LogP contribution in [0.5, 0.6) is 0 Å². The zero-order chi connectivity index (χ0) is 12.2. The van der Waals surface area contributed by atoms with Gasteiger partial charge in [-0.15, -0.1) is 0 Å². The zero-order valence-corrected chi connectivity index (χ0v) is 8.25. The molecule has 0 atom stereocenters. The van der Waals surface area contributed by atoms with Gasteiger partial charge in [-0.3, -0.25) is 0 Å². The number of aliphatic hydroxyl groups excluding tert-OH is 1. The van der Waals surface area contributed by atoms with Crippen LogP contribution in [0.25, 0.3) is 0 Å². The third-order valence-electron chi connectivity index (χ3n) is 1.64. The van der Waals surface area contributed by atoms with Gasteiger partial charge in [-0.05, 0) is 6.42 Å². The summed E-state index contributed by atoms with van der Waals surface area (Å²) in [6, 6.07) is 1.20. The number of hydrogen-bond acceptors (Lipinski definition) is 5. The standard InChI is InChI=1S/C8H11F3N4O/c9-8(10,11)7-14-5(12)4-6(15-7)13-2-1-3-16/h4,16H,1-3H2,(H3,12,13,14,15). The lowest BCUT2D eigenvalue weighted by Gasteiger charge is -2.09. The fourth-order valence-corrected chi connectivity index (χ4v) is 0.979. The predicted octanol–water partition coefficient (Wildman–Crippen LogP) is 0.872. The van der Waals surface area contributed by atoms with Crippen molar-refractivity contribution >= 4 is 11.6 Å². The Morgan fingerprint density at radius 1 is 1.38 bits per heavy atom. The molecule has 0 saturated carbocycles. The Kier molecular flexibility index (Phi) is 3.88. The van der Waals surface area contributed by atoms with Crippen LogP contribution < -0.4 is 11.1 Å². The molecule has 0 aliphatic heterocycles. The van der Waals surface area contributed by atoms with Crippen molar-refractivity contribution in [2.45, 2.75) is 12.6 Å². The Morgan fingerprint density at radius 2 is 2.06 bits per heavy atom. The molecule has 0 bridgehead atoms. The largest absolute Gasteiger partial charge is 0.451 e. The molecule has 0 amide bonds.